The molecule has 104 valence electrons. The largest absolute Gasteiger partial charge is 0.426 e. The fraction of sp³-hybridized carbons (Fsp3) is 0.125. The second-order valence-electron chi connectivity index (χ2n) is 5.29. The number of rotatable bonds is 5. The highest BCUT2D eigenvalue weighted by atomic mass is 28.4. The third-order valence-electron chi connectivity index (χ3n) is 3.23. The van der Waals surface area contributed by atoms with Gasteiger partial charge in [-0.1, -0.05) is 66.4 Å². The zero-order valence-corrected chi connectivity index (χ0v) is 13.9. The van der Waals surface area contributed by atoms with Crippen LogP contribution in [-0.4, -0.2) is 21.7 Å². The zero-order valence-electron chi connectivity index (χ0n) is 11.9. The van der Waals surface area contributed by atoms with Gasteiger partial charge in [0.05, 0.1) is 0 Å². The van der Waals surface area contributed by atoms with Crippen molar-refractivity contribution < 1.29 is 8.91 Å². The molecule has 0 aliphatic heterocycles. The first kappa shape index (κ1) is 14.9. The predicted molar refractivity (Wildman–Crippen MR) is 88.9 cm³/mol. The summed E-state index contributed by atoms with van der Waals surface area (Å²) in [6.07, 6.45) is 0. The molecule has 1 N–H and O–H groups in total. The quantitative estimate of drug-likeness (QED) is 0.858. The first-order valence-corrected chi connectivity index (χ1v) is 11.5. The molecule has 0 spiro atoms. The summed E-state index contributed by atoms with van der Waals surface area (Å²) in [7, 11) is -5.27. The minimum absolute atomic E-state index is 0.869. The van der Waals surface area contributed by atoms with Crippen LogP contribution in [0.25, 0.3) is 0 Å². The average Bonchev–Trinajstić information content (AvgIpc) is 2.48. The number of hydrogen-bond donors (Lipinski definition) is 1. The topological polar surface area (TPSA) is 29.5 Å². The molecule has 0 amide bonds. The van der Waals surface area contributed by atoms with Gasteiger partial charge in [-0.15, -0.1) is 6.58 Å². The Morgan fingerprint density at radius 1 is 0.900 bits per heavy atom. The maximum Gasteiger partial charge on any atom is 0.394 e. The van der Waals surface area contributed by atoms with Crippen LogP contribution in [0.3, 0.4) is 0 Å². The predicted octanol–water partition coefficient (Wildman–Crippen LogP) is 2.18. The van der Waals surface area contributed by atoms with Gasteiger partial charge in [-0.2, -0.15) is 0 Å². The molecule has 0 bridgehead atoms. The lowest BCUT2D eigenvalue weighted by Crippen LogP contribution is -2.65. The van der Waals surface area contributed by atoms with Gasteiger partial charge in [-0.3, -0.25) is 0 Å². The summed E-state index contributed by atoms with van der Waals surface area (Å²) in [5.74, 6) is 0. The molecular formula is C16H20O2Si2. The molecule has 0 aliphatic carbocycles. The number of hydrogen-bond acceptors (Lipinski definition) is 2. The Kier molecular flexibility index (Phi) is 4.40. The highest BCUT2D eigenvalue weighted by Crippen LogP contribution is 2.14. The van der Waals surface area contributed by atoms with Crippen LogP contribution in [0.2, 0.25) is 13.1 Å². The molecule has 0 saturated heterocycles. The van der Waals surface area contributed by atoms with Gasteiger partial charge in [-0.25, -0.2) is 0 Å². The minimum atomic E-state index is -3.17. The van der Waals surface area contributed by atoms with E-state index in [0.717, 1.165) is 10.4 Å². The van der Waals surface area contributed by atoms with Crippen molar-refractivity contribution in [3.8, 4) is 0 Å². The second kappa shape index (κ2) is 5.89. The fourth-order valence-corrected chi connectivity index (χ4v) is 7.98. The lowest BCUT2D eigenvalue weighted by molar-refractivity contribution is 0.410. The Morgan fingerprint density at radius 2 is 1.30 bits per heavy atom. The summed E-state index contributed by atoms with van der Waals surface area (Å²) in [6, 6.07) is 19.4. The normalized spacial score (nSPS) is 12.2. The number of benzene rings is 2. The summed E-state index contributed by atoms with van der Waals surface area (Å²) < 4.78 is 6.26. The monoisotopic (exact) mass is 300 g/mol. The van der Waals surface area contributed by atoms with Crippen molar-refractivity contribution in [2.45, 2.75) is 13.1 Å². The fourth-order valence-electron chi connectivity index (χ4n) is 2.03. The molecule has 0 heterocycles. The maximum absolute atomic E-state index is 11.3. The van der Waals surface area contributed by atoms with E-state index >= 15 is 0 Å². The minimum Gasteiger partial charge on any atom is -0.426 e. The Bertz CT molecular complexity index is 528. The molecule has 2 rings (SSSR count). The van der Waals surface area contributed by atoms with E-state index in [2.05, 4.69) is 6.58 Å². The van der Waals surface area contributed by atoms with E-state index in [4.69, 9.17) is 4.12 Å². The third kappa shape index (κ3) is 3.16. The van der Waals surface area contributed by atoms with Gasteiger partial charge in [0.15, 0.2) is 0 Å². The molecule has 20 heavy (non-hydrogen) atoms. The zero-order chi connectivity index (χ0) is 14.6. The lowest BCUT2D eigenvalue weighted by Gasteiger charge is -2.33. The van der Waals surface area contributed by atoms with Crippen LogP contribution in [-0.2, 0) is 4.12 Å². The van der Waals surface area contributed by atoms with Crippen LogP contribution < -0.4 is 10.4 Å². The molecule has 0 saturated carbocycles. The Labute approximate surface area is 122 Å². The van der Waals surface area contributed by atoms with E-state index in [0.29, 0.717) is 0 Å². The van der Waals surface area contributed by atoms with E-state index in [-0.39, 0.29) is 0 Å². The van der Waals surface area contributed by atoms with Gasteiger partial charge in [0.2, 0.25) is 8.32 Å². The third-order valence-corrected chi connectivity index (χ3v) is 9.73. The molecule has 2 aromatic rings. The summed E-state index contributed by atoms with van der Waals surface area (Å²) in [5, 5.41) is 1.74. The Balaban J connectivity index is 2.52. The second-order valence-corrected chi connectivity index (χ2v) is 12.2. The summed E-state index contributed by atoms with van der Waals surface area (Å²) in [4.78, 5) is 11.3. The molecule has 4 heteroatoms. The van der Waals surface area contributed by atoms with Gasteiger partial charge in [0, 0.05) is 0 Å². The van der Waals surface area contributed by atoms with E-state index in [1.165, 1.54) is 0 Å². The van der Waals surface area contributed by atoms with E-state index in [1.807, 2.05) is 79.5 Å². The highest BCUT2D eigenvalue weighted by molar-refractivity contribution is 6.98. The van der Waals surface area contributed by atoms with Crippen LogP contribution >= 0.6 is 0 Å². The van der Waals surface area contributed by atoms with Gasteiger partial charge in [-0.05, 0) is 23.5 Å². The van der Waals surface area contributed by atoms with Crippen molar-refractivity contribution in [1.29, 1.82) is 0 Å². The molecular weight excluding hydrogens is 280 g/mol. The summed E-state index contributed by atoms with van der Waals surface area (Å²) in [5.41, 5.74) is 1.86. The molecule has 0 radical (unpaired) electrons. The van der Waals surface area contributed by atoms with Crippen molar-refractivity contribution in [3.63, 3.8) is 0 Å². The molecule has 2 aromatic carbocycles. The van der Waals surface area contributed by atoms with Crippen molar-refractivity contribution >= 4 is 27.3 Å². The Hall–Kier alpha value is -1.47. The van der Waals surface area contributed by atoms with Crippen LogP contribution in [0.4, 0.5) is 0 Å². The maximum atomic E-state index is 11.3. The molecule has 2 nitrogen and oxygen atoms in total. The molecule has 0 unspecified atom stereocenters. The van der Waals surface area contributed by atoms with Crippen LogP contribution in [0.5, 0.6) is 0 Å². The molecule has 0 aromatic heterocycles. The van der Waals surface area contributed by atoms with Crippen molar-refractivity contribution in [2.75, 3.05) is 0 Å². The van der Waals surface area contributed by atoms with Gasteiger partial charge >= 0.3 is 8.56 Å². The van der Waals surface area contributed by atoms with Crippen molar-refractivity contribution in [1.82, 2.24) is 0 Å². The summed E-state index contributed by atoms with van der Waals surface area (Å²) >= 11 is 0. The Morgan fingerprint density at radius 3 is 1.65 bits per heavy atom. The van der Waals surface area contributed by atoms with Crippen molar-refractivity contribution in [3.05, 3.63) is 72.9 Å². The molecule has 0 atom stereocenters. The SMILES string of the molecule is C=C[Si](C)(C)O[Si](O)(c1ccccc1)c1ccccc1. The smallest absolute Gasteiger partial charge is 0.394 e. The standard InChI is InChI=1S/C16H20O2Si2/c1-4-19(2,3)18-20(17,15-11-7-5-8-12-15)16-13-9-6-10-14-16/h4-14,17H,1H2,2-3H3. The van der Waals surface area contributed by atoms with E-state index < -0.39 is 16.9 Å². The van der Waals surface area contributed by atoms with E-state index in [1.54, 1.807) is 0 Å². The van der Waals surface area contributed by atoms with Crippen LogP contribution in [0.15, 0.2) is 72.9 Å². The van der Waals surface area contributed by atoms with Gasteiger partial charge in [0.25, 0.3) is 0 Å². The first-order valence-electron chi connectivity index (χ1n) is 6.65. The van der Waals surface area contributed by atoms with Crippen molar-refractivity contribution in [2.24, 2.45) is 0 Å². The van der Waals surface area contributed by atoms with Gasteiger partial charge < -0.3 is 8.91 Å². The highest BCUT2D eigenvalue weighted by Gasteiger charge is 2.42. The van der Waals surface area contributed by atoms with Gasteiger partial charge in [0.1, 0.15) is 0 Å². The van der Waals surface area contributed by atoms with Crippen LogP contribution in [0, 0.1) is 0 Å². The molecule has 0 aliphatic rings. The van der Waals surface area contributed by atoms with E-state index in [9.17, 15) is 4.80 Å². The first-order chi connectivity index (χ1) is 9.48. The molecule has 0 fully saturated rings. The van der Waals surface area contributed by atoms with Crippen LogP contribution in [0.1, 0.15) is 0 Å². The summed E-state index contributed by atoms with van der Waals surface area (Å²) in [6.45, 7) is 7.94. The average molecular weight is 301 g/mol. The lowest BCUT2D eigenvalue weighted by atomic mass is 10.4.